The average Bonchev–Trinajstić information content (AvgIpc) is 2.34. The van der Waals surface area contributed by atoms with Crippen LogP contribution in [-0.4, -0.2) is 0 Å². The van der Waals surface area contributed by atoms with Crippen molar-refractivity contribution in [2.75, 3.05) is 5.73 Å². The molecule has 0 atom stereocenters. The highest BCUT2D eigenvalue weighted by molar-refractivity contribution is 5.39. The number of anilines is 1. The summed E-state index contributed by atoms with van der Waals surface area (Å²) in [7, 11) is 0. The zero-order valence-corrected chi connectivity index (χ0v) is 10.1. The van der Waals surface area contributed by atoms with E-state index in [0.717, 1.165) is 18.8 Å². The first kappa shape index (κ1) is 11.7. The van der Waals surface area contributed by atoms with Gasteiger partial charge in [0.15, 0.2) is 0 Å². The Bertz CT molecular complexity index is 475. The Balaban J connectivity index is 1.88. The lowest BCUT2D eigenvalue weighted by Gasteiger charge is -2.07. The Kier molecular flexibility index (Phi) is 3.78. The molecule has 0 saturated heterocycles. The fourth-order valence-electron chi connectivity index (χ4n) is 1.79. The van der Waals surface area contributed by atoms with Crippen molar-refractivity contribution >= 4 is 5.69 Å². The summed E-state index contributed by atoms with van der Waals surface area (Å²) >= 11 is 0. The normalized spacial score (nSPS) is 10.4. The lowest BCUT2D eigenvalue weighted by atomic mass is 10.1. The van der Waals surface area contributed by atoms with Crippen molar-refractivity contribution in [3.63, 3.8) is 0 Å². The first-order valence-corrected chi connectivity index (χ1v) is 5.85. The molecule has 3 N–H and O–H groups in total. The number of nitrogen functional groups attached to an aromatic ring is 1. The standard InChI is InChI=1S/C15H18N2/c1-12-4-2-3-5-14(12)11-17-10-13-6-8-15(16)9-7-13/h2-9,17H,10-11,16H2,1H3. The summed E-state index contributed by atoms with van der Waals surface area (Å²) in [5.74, 6) is 0. The number of aryl methyl sites for hydroxylation is 1. The Morgan fingerprint density at radius 1 is 0.941 bits per heavy atom. The number of nitrogens with two attached hydrogens (primary N) is 1. The van der Waals surface area contributed by atoms with Gasteiger partial charge in [-0.2, -0.15) is 0 Å². The van der Waals surface area contributed by atoms with E-state index in [1.54, 1.807) is 0 Å². The quantitative estimate of drug-likeness (QED) is 0.787. The molecule has 0 bridgehead atoms. The van der Waals surface area contributed by atoms with Gasteiger partial charge in [0.25, 0.3) is 0 Å². The number of nitrogens with one attached hydrogen (secondary N) is 1. The fraction of sp³-hybridized carbons (Fsp3) is 0.200. The van der Waals surface area contributed by atoms with Gasteiger partial charge in [0.2, 0.25) is 0 Å². The highest BCUT2D eigenvalue weighted by Crippen LogP contribution is 2.08. The lowest BCUT2D eigenvalue weighted by Crippen LogP contribution is -2.13. The molecule has 2 nitrogen and oxygen atoms in total. The molecule has 2 heteroatoms. The van der Waals surface area contributed by atoms with Gasteiger partial charge in [-0.1, -0.05) is 36.4 Å². The molecule has 17 heavy (non-hydrogen) atoms. The van der Waals surface area contributed by atoms with Crippen LogP contribution in [0.25, 0.3) is 0 Å². The Labute approximate surface area is 102 Å². The van der Waals surface area contributed by atoms with Crippen LogP contribution in [0.15, 0.2) is 48.5 Å². The second kappa shape index (κ2) is 5.51. The van der Waals surface area contributed by atoms with Crippen LogP contribution in [0.1, 0.15) is 16.7 Å². The number of hydrogen-bond donors (Lipinski definition) is 2. The third-order valence-corrected chi connectivity index (χ3v) is 2.89. The van der Waals surface area contributed by atoms with Gasteiger partial charge in [-0.25, -0.2) is 0 Å². The monoisotopic (exact) mass is 226 g/mol. The van der Waals surface area contributed by atoms with Crippen LogP contribution in [-0.2, 0) is 13.1 Å². The molecule has 0 aliphatic rings. The summed E-state index contributed by atoms with van der Waals surface area (Å²) in [5.41, 5.74) is 10.4. The maximum absolute atomic E-state index is 5.65. The summed E-state index contributed by atoms with van der Waals surface area (Å²) in [6.45, 7) is 3.91. The van der Waals surface area contributed by atoms with Crippen molar-refractivity contribution in [1.29, 1.82) is 0 Å². The van der Waals surface area contributed by atoms with Crippen LogP contribution in [0.5, 0.6) is 0 Å². The Morgan fingerprint density at radius 3 is 2.35 bits per heavy atom. The van der Waals surface area contributed by atoms with Crippen molar-refractivity contribution in [2.24, 2.45) is 0 Å². The maximum Gasteiger partial charge on any atom is 0.0314 e. The van der Waals surface area contributed by atoms with Crippen molar-refractivity contribution in [1.82, 2.24) is 5.32 Å². The fourth-order valence-corrected chi connectivity index (χ4v) is 1.79. The van der Waals surface area contributed by atoms with Crippen molar-refractivity contribution in [2.45, 2.75) is 20.0 Å². The Morgan fingerprint density at radius 2 is 1.65 bits per heavy atom. The van der Waals surface area contributed by atoms with Crippen molar-refractivity contribution in [3.05, 3.63) is 65.2 Å². The summed E-state index contributed by atoms with van der Waals surface area (Å²) in [6, 6.07) is 16.4. The van der Waals surface area contributed by atoms with Crippen LogP contribution >= 0.6 is 0 Å². The van der Waals surface area contributed by atoms with Crippen LogP contribution in [0.3, 0.4) is 0 Å². The second-order valence-electron chi connectivity index (χ2n) is 4.27. The summed E-state index contributed by atoms with van der Waals surface area (Å²) in [5, 5.41) is 3.44. The SMILES string of the molecule is Cc1ccccc1CNCc1ccc(N)cc1. The molecule has 0 saturated carbocycles. The minimum absolute atomic E-state index is 0.813. The van der Waals surface area contributed by atoms with Gasteiger partial charge in [0, 0.05) is 18.8 Å². The first-order chi connectivity index (χ1) is 8.25. The molecule has 0 amide bonds. The van der Waals surface area contributed by atoms with E-state index < -0.39 is 0 Å². The Hall–Kier alpha value is -1.80. The molecule has 0 radical (unpaired) electrons. The summed E-state index contributed by atoms with van der Waals surface area (Å²) in [4.78, 5) is 0. The van der Waals surface area contributed by atoms with Gasteiger partial charge in [-0.3, -0.25) is 0 Å². The summed E-state index contributed by atoms with van der Waals surface area (Å²) in [6.07, 6.45) is 0. The van der Waals surface area contributed by atoms with Crippen molar-refractivity contribution in [3.8, 4) is 0 Å². The van der Waals surface area contributed by atoms with Gasteiger partial charge >= 0.3 is 0 Å². The van der Waals surface area contributed by atoms with Gasteiger partial charge in [-0.15, -0.1) is 0 Å². The largest absolute Gasteiger partial charge is 0.399 e. The van der Waals surface area contributed by atoms with Gasteiger partial charge in [0.05, 0.1) is 0 Å². The maximum atomic E-state index is 5.65. The first-order valence-electron chi connectivity index (χ1n) is 5.85. The molecule has 0 spiro atoms. The van der Waals surface area contributed by atoms with Gasteiger partial charge in [-0.05, 0) is 35.7 Å². The van der Waals surface area contributed by atoms with E-state index in [1.165, 1.54) is 16.7 Å². The molecular weight excluding hydrogens is 208 g/mol. The zero-order chi connectivity index (χ0) is 12.1. The van der Waals surface area contributed by atoms with E-state index in [2.05, 4.69) is 48.6 Å². The van der Waals surface area contributed by atoms with E-state index in [4.69, 9.17) is 5.73 Å². The van der Waals surface area contributed by atoms with E-state index in [-0.39, 0.29) is 0 Å². The zero-order valence-electron chi connectivity index (χ0n) is 10.1. The van der Waals surface area contributed by atoms with Crippen LogP contribution in [0.2, 0.25) is 0 Å². The van der Waals surface area contributed by atoms with Gasteiger partial charge in [0.1, 0.15) is 0 Å². The highest BCUT2D eigenvalue weighted by atomic mass is 14.8. The van der Waals surface area contributed by atoms with Crippen LogP contribution in [0, 0.1) is 6.92 Å². The predicted octanol–water partition coefficient (Wildman–Crippen LogP) is 2.87. The molecule has 0 aliphatic heterocycles. The average molecular weight is 226 g/mol. The smallest absolute Gasteiger partial charge is 0.0314 e. The van der Waals surface area contributed by atoms with E-state index in [0.29, 0.717) is 0 Å². The molecule has 0 heterocycles. The predicted molar refractivity (Wildman–Crippen MR) is 72.6 cm³/mol. The molecule has 88 valence electrons. The number of benzene rings is 2. The highest BCUT2D eigenvalue weighted by Gasteiger charge is 1.97. The second-order valence-corrected chi connectivity index (χ2v) is 4.27. The molecule has 0 aromatic heterocycles. The third kappa shape index (κ3) is 3.33. The van der Waals surface area contributed by atoms with Gasteiger partial charge < -0.3 is 11.1 Å². The lowest BCUT2D eigenvalue weighted by molar-refractivity contribution is 0.691. The third-order valence-electron chi connectivity index (χ3n) is 2.89. The molecule has 2 aromatic rings. The molecule has 0 fully saturated rings. The van der Waals surface area contributed by atoms with Crippen molar-refractivity contribution < 1.29 is 0 Å². The molecule has 2 rings (SSSR count). The topological polar surface area (TPSA) is 38.0 Å². The molecule has 0 aliphatic carbocycles. The minimum atomic E-state index is 0.813. The van der Waals surface area contributed by atoms with E-state index in [9.17, 15) is 0 Å². The summed E-state index contributed by atoms with van der Waals surface area (Å²) < 4.78 is 0. The number of rotatable bonds is 4. The number of hydrogen-bond acceptors (Lipinski definition) is 2. The molecule has 2 aromatic carbocycles. The van der Waals surface area contributed by atoms with Crippen LogP contribution in [0.4, 0.5) is 5.69 Å². The molecular formula is C15H18N2. The molecule has 0 unspecified atom stereocenters. The van der Waals surface area contributed by atoms with E-state index in [1.807, 2.05) is 12.1 Å². The van der Waals surface area contributed by atoms with E-state index >= 15 is 0 Å². The minimum Gasteiger partial charge on any atom is -0.399 e. The van der Waals surface area contributed by atoms with Crippen LogP contribution < -0.4 is 11.1 Å².